The standard InChI is InChI=1S/C15H28N2O2/c1-13(16-15(2)7-10-19-12-15)11-14(18)17-8-5-3-4-6-9-17/h13,16H,3-12H2,1-2H3. The van der Waals surface area contributed by atoms with E-state index in [9.17, 15) is 4.79 Å². The second-order valence-electron chi connectivity index (χ2n) is 6.41. The van der Waals surface area contributed by atoms with Crippen LogP contribution in [0.2, 0.25) is 0 Å². The molecule has 2 unspecified atom stereocenters. The van der Waals surface area contributed by atoms with Crippen LogP contribution in [0.4, 0.5) is 0 Å². The Morgan fingerprint density at radius 3 is 2.58 bits per heavy atom. The highest BCUT2D eigenvalue weighted by molar-refractivity contribution is 5.76. The van der Waals surface area contributed by atoms with Crippen LogP contribution in [-0.2, 0) is 9.53 Å². The predicted molar refractivity (Wildman–Crippen MR) is 76.1 cm³/mol. The molecular formula is C15H28N2O2. The monoisotopic (exact) mass is 268 g/mol. The number of nitrogens with one attached hydrogen (secondary N) is 1. The number of carbonyl (C=O) groups is 1. The van der Waals surface area contributed by atoms with Gasteiger partial charge in [0, 0.05) is 37.7 Å². The average molecular weight is 268 g/mol. The Bertz CT molecular complexity index is 293. The van der Waals surface area contributed by atoms with E-state index in [0.717, 1.165) is 32.7 Å². The smallest absolute Gasteiger partial charge is 0.224 e. The van der Waals surface area contributed by atoms with Crippen LogP contribution in [0.5, 0.6) is 0 Å². The molecule has 0 radical (unpaired) electrons. The summed E-state index contributed by atoms with van der Waals surface area (Å²) in [7, 11) is 0. The van der Waals surface area contributed by atoms with Crippen LogP contribution in [0.3, 0.4) is 0 Å². The van der Waals surface area contributed by atoms with E-state index in [0.29, 0.717) is 12.3 Å². The molecule has 0 saturated carbocycles. The fourth-order valence-corrected chi connectivity index (χ4v) is 3.14. The number of carbonyl (C=O) groups excluding carboxylic acids is 1. The van der Waals surface area contributed by atoms with Gasteiger partial charge in [-0.15, -0.1) is 0 Å². The third kappa shape index (κ3) is 4.46. The summed E-state index contributed by atoms with van der Waals surface area (Å²) < 4.78 is 5.44. The van der Waals surface area contributed by atoms with Crippen molar-refractivity contribution in [2.24, 2.45) is 0 Å². The predicted octanol–water partition coefficient (Wildman–Crippen LogP) is 1.94. The molecule has 0 aromatic rings. The first-order valence-electron chi connectivity index (χ1n) is 7.72. The van der Waals surface area contributed by atoms with Crippen LogP contribution in [0.25, 0.3) is 0 Å². The maximum atomic E-state index is 12.3. The summed E-state index contributed by atoms with van der Waals surface area (Å²) in [5.41, 5.74) is 0.0541. The minimum Gasteiger partial charge on any atom is -0.379 e. The van der Waals surface area contributed by atoms with Gasteiger partial charge in [0.15, 0.2) is 0 Å². The molecular weight excluding hydrogens is 240 g/mol. The minimum absolute atomic E-state index is 0.0541. The Hall–Kier alpha value is -0.610. The third-order valence-corrected chi connectivity index (χ3v) is 4.25. The van der Waals surface area contributed by atoms with Gasteiger partial charge in [0.1, 0.15) is 0 Å². The summed E-state index contributed by atoms with van der Waals surface area (Å²) in [5, 5.41) is 3.57. The molecule has 0 aromatic carbocycles. The van der Waals surface area contributed by atoms with E-state index in [1.54, 1.807) is 0 Å². The number of rotatable bonds is 4. The maximum absolute atomic E-state index is 12.3. The number of hydrogen-bond acceptors (Lipinski definition) is 3. The molecule has 110 valence electrons. The molecule has 1 N–H and O–H groups in total. The highest BCUT2D eigenvalue weighted by atomic mass is 16.5. The van der Waals surface area contributed by atoms with Gasteiger partial charge in [-0.05, 0) is 33.1 Å². The van der Waals surface area contributed by atoms with Crippen LogP contribution in [0.1, 0.15) is 52.4 Å². The molecule has 2 rings (SSSR count). The molecule has 0 bridgehead atoms. The van der Waals surface area contributed by atoms with Crippen LogP contribution in [0.15, 0.2) is 0 Å². The molecule has 0 aliphatic carbocycles. The maximum Gasteiger partial charge on any atom is 0.224 e. The quantitative estimate of drug-likeness (QED) is 0.847. The Kier molecular flexibility index (Phi) is 5.22. The van der Waals surface area contributed by atoms with Crippen molar-refractivity contribution in [2.45, 2.75) is 64.0 Å². The molecule has 2 heterocycles. The topological polar surface area (TPSA) is 41.6 Å². The zero-order valence-electron chi connectivity index (χ0n) is 12.4. The molecule has 2 aliphatic heterocycles. The summed E-state index contributed by atoms with van der Waals surface area (Å²) in [4.78, 5) is 14.3. The van der Waals surface area contributed by atoms with E-state index >= 15 is 0 Å². The average Bonchev–Trinajstić information content (AvgIpc) is 2.64. The highest BCUT2D eigenvalue weighted by Crippen LogP contribution is 2.19. The summed E-state index contributed by atoms with van der Waals surface area (Å²) in [6, 6.07) is 0.224. The van der Waals surface area contributed by atoms with Crippen LogP contribution < -0.4 is 5.32 Å². The Morgan fingerprint density at radius 2 is 2.00 bits per heavy atom. The Labute approximate surface area is 116 Å². The lowest BCUT2D eigenvalue weighted by Crippen LogP contribution is -2.49. The first-order valence-corrected chi connectivity index (χ1v) is 7.72. The number of hydrogen-bond donors (Lipinski definition) is 1. The van der Waals surface area contributed by atoms with E-state index < -0.39 is 0 Å². The zero-order valence-corrected chi connectivity index (χ0v) is 12.4. The van der Waals surface area contributed by atoms with Gasteiger partial charge in [0.2, 0.25) is 5.91 Å². The van der Waals surface area contributed by atoms with Crippen molar-refractivity contribution in [3.63, 3.8) is 0 Å². The van der Waals surface area contributed by atoms with E-state index in [2.05, 4.69) is 24.1 Å². The molecule has 4 heteroatoms. The second-order valence-corrected chi connectivity index (χ2v) is 6.41. The van der Waals surface area contributed by atoms with Crippen molar-refractivity contribution in [3.8, 4) is 0 Å². The molecule has 2 saturated heterocycles. The van der Waals surface area contributed by atoms with Crippen LogP contribution in [0, 0.1) is 0 Å². The summed E-state index contributed by atoms with van der Waals surface area (Å²) in [5.74, 6) is 0.310. The van der Waals surface area contributed by atoms with E-state index in [1.807, 2.05) is 0 Å². The van der Waals surface area contributed by atoms with E-state index in [4.69, 9.17) is 4.74 Å². The second kappa shape index (κ2) is 6.71. The summed E-state index contributed by atoms with van der Waals surface area (Å²) in [6.45, 7) is 7.79. The first kappa shape index (κ1) is 14.8. The first-order chi connectivity index (χ1) is 9.09. The van der Waals surface area contributed by atoms with Gasteiger partial charge in [0.05, 0.1) is 6.61 Å². The Balaban J connectivity index is 1.77. The third-order valence-electron chi connectivity index (χ3n) is 4.25. The molecule has 1 amide bonds. The fourth-order valence-electron chi connectivity index (χ4n) is 3.14. The van der Waals surface area contributed by atoms with Gasteiger partial charge < -0.3 is 15.0 Å². The normalized spacial score (nSPS) is 30.1. The van der Waals surface area contributed by atoms with Crippen molar-refractivity contribution in [1.82, 2.24) is 10.2 Å². The lowest BCUT2D eigenvalue weighted by molar-refractivity contribution is -0.131. The molecule has 2 atom stereocenters. The van der Waals surface area contributed by atoms with Crippen molar-refractivity contribution in [3.05, 3.63) is 0 Å². The summed E-state index contributed by atoms with van der Waals surface area (Å²) in [6.07, 6.45) is 6.52. The number of likely N-dealkylation sites (tertiary alicyclic amines) is 1. The largest absolute Gasteiger partial charge is 0.379 e. The zero-order chi connectivity index (χ0) is 13.7. The van der Waals surface area contributed by atoms with Gasteiger partial charge in [-0.2, -0.15) is 0 Å². The Morgan fingerprint density at radius 1 is 1.32 bits per heavy atom. The minimum atomic E-state index is 0.0541. The molecule has 2 fully saturated rings. The van der Waals surface area contributed by atoms with Crippen LogP contribution in [-0.4, -0.2) is 48.7 Å². The lowest BCUT2D eigenvalue weighted by Gasteiger charge is -2.29. The van der Waals surface area contributed by atoms with Crippen molar-refractivity contribution < 1.29 is 9.53 Å². The van der Waals surface area contributed by atoms with Crippen molar-refractivity contribution in [1.29, 1.82) is 0 Å². The molecule has 4 nitrogen and oxygen atoms in total. The van der Waals surface area contributed by atoms with Crippen molar-refractivity contribution in [2.75, 3.05) is 26.3 Å². The fraction of sp³-hybridized carbons (Fsp3) is 0.933. The van der Waals surface area contributed by atoms with Gasteiger partial charge in [-0.1, -0.05) is 12.8 Å². The van der Waals surface area contributed by atoms with Crippen molar-refractivity contribution >= 4 is 5.91 Å². The SMILES string of the molecule is CC(CC(=O)N1CCCCCC1)NC1(C)CCOC1. The molecule has 0 aromatic heterocycles. The summed E-state index contributed by atoms with van der Waals surface area (Å²) >= 11 is 0. The molecule has 19 heavy (non-hydrogen) atoms. The molecule has 0 spiro atoms. The van der Waals surface area contributed by atoms with Gasteiger partial charge in [0.25, 0.3) is 0 Å². The highest BCUT2D eigenvalue weighted by Gasteiger charge is 2.31. The van der Waals surface area contributed by atoms with Gasteiger partial charge >= 0.3 is 0 Å². The van der Waals surface area contributed by atoms with Crippen LogP contribution >= 0.6 is 0 Å². The van der Waals surface area contributed by atoms with Gasteiger partial charge in [-0.3, -0.25) is 4.79 Å². The number of ether oxygens (including phenoxy) is 1. The van der Waals surface area contributed by atoms with E-state index in [1.165, 1.54) is 25.7 Å². The molecule has 2 aliphatic rings. The number of nitrogens with zero attached hydrogens (tertiary/aromatic N) is 1. The van der Waals surface area contributed by atoms with E-state index in [-0.39, 0.29) is 11.6 Å². The number of amides is 1. The lowest BCUT2D eigenvalue weighted by atomic mass is 9.99. The van der Waals surface area contributed by atoms with Gasteiger partial charge in [-0.25, -0.2) is 0 Å².